The first-order valence-electron chi connectivity index (χ1n) is 11.4. The Kier molecular flexibility index (Phi) is 8.13. The fraction of sp³-hybridized carbons (Fsp3) is 0.667. The molecule has 1 amide bonds. The van der Waals surface area contributed by atoms with E-state index in [4.69, 9.17) is 28.5 Å². The van der Waals surface area contributed by atoms with Gasteiger partial charge in [-0.3, -0.25) is 9.69 Å². The van der Waals surface area contributed by atoms with E-state index in [9.17, 15) is 4.79 Å². The van der Waals surface area contributed by atoms with Crippen LogP contribution in [0.15, 0.2) is 18.2 Å². The third-order valence-corrected chi connectivity index (χ3v) is 7.64. The first-order chi connectivity index (χ1) is 14.7. The third kappa shape index (κ3) is 6.06. The van der Waals surface area contributed by atoms with Gasteiger partial charge in [-0.05, 0) is 77.5 Å². The molecule has 0 aromatic heterocycles. The lowest BCUT2D eigenvalue weighted by atomic mass is 9.83. The first-order valence-corrected chi connectivity index (χ1v) is 12.1. The van der Waals surface area contributed by atoms with Crippen molar-refractivity contribution in [2.24, 2.45) is 11.3 Å². The van der Waals surface area contributed by atoms with Crippen LogP contribution in [0.2, 0.25) is 10.0 Å². The summed E-state index contributed by atoms with van der Waals surface area (Å²) in [6.45, 7) is 9.72. The summed E-state index contributed by atoms with van der Waals surface area (Å²) in [7, 11) is 0. The van der Waals surface area contributed by atoms with Crippen molar-refractivity contribution in [1.29, 1.82) is 5.26 Å². The summed E-state index contributed by atoms with van der Waals surface area (Å²) in [4.78, 5) is 17.1. The number of halogens is 2. The number of nitrogens with zero attached hydrogens (tertiary/aromatic N) is 3. The van der Waals surface area contributed by atoms with Gasteiger partial charge in [0.1, 0.15) is 5.41 Å². The number of benzene rings is 1. The number of carbonyl (C=O) groups is 1. The second kappa shape index (κ2) is 10.4. The average molecular weight is 465 g/mol. The average Bonchev–Trinajstić information content (AvgIpc) is 2.75. The Morgan fingerprint density at radius 1 is 1.23 bits per heavy atom. The van der Waals surface area contributed by atoms with E-state index in [1.165, 1.54) is 6.42 Å². The Morgan fingerprint density at radius 3 is 2.58 bits per heavy atom. The maximum atomic E-state index is 12.2. The molecule has 31 heavy (non-hydrogen) atoms. The molecule has 1 aromatic carbocycles. The van der Waals surface area contributed by atoms with Crippen LogP contribution in [0.5, 0.6) is 0 Å². The number of piperazine rings is 1. The minimum absolute atomic E-state index is 0.148. The lowest BCUT2D eigenvalue weighted by molar-refractivity contribution is -0.127. The topological polar surface area (TPSA) is 59.4 Å². The zero-order valence-electron chi connectivity index (χ0n) is 18.8. The van der Waals surface area contributed by atoms with Gasteiger partial charge in [0.25, 0.3) is 0 Å². The summed E-state index contributed by atoms with van der Waals surface area (Å²) in [6.07, 6.45) is 5.51. The number of anilines is 1. The molecule has 0 bridgehead atoms. The molecule has 1 N–H and O–H groups in total. The van der Waals surface area contributed by atoms with E-state index in [0.29, 0.717) is 22.0 Å². The SMILES string of the molecule is CC1CN(CCC2CCC(NC(=O)C(C)(C)C#N)CC2)CCN1c1cccc(Cl)c1Cl. The van der Waals surface area contributed by atoms with Gasteiger partial charge in [0.15, 0.2) is 0 Å². The number of nitrogens with one attached hydrogen (secondary N) is 1. The van der Waals surface area contributed by atoms with Crippen molar-refractivity contribution in [2.45, 2.75) is 65.0 Å². The molecule has 1 atom stereocenters. The summed E-state index contributed by atoms with van der Waals surface area (Å²) in [5.74, 6) is 0.568. The highest BCUT2D eigenvalue weighted by Gasteiger charge is 2.31. The number of rotatable bonds is 6. The minimum atomic E-state index is -0.953. The van der Waals surface area contributed by atoms with E-state index < -0.39 is 5.41 Å². The third-order valence-electron chi connectivity index (χ3n) is 6.83. The Morgan fingerprint density at radius 2 is 1.94 bits per heavy atom. The lowest BCUT2D eigenvalue weighted by Crippen LogP contribution is -2.52. The van der Waals surface area contributed by atoms with Crippen LogP contribution in [0.3, 0.4) is 0 Å². The maximum absolute atomic E-state index is 12.2. The highest BCUT2D eigenvalue weighted by Crippen LogP contribution is 2.34. The monoisotopic (exact) mass is 464 g/mol. The largest absolute Gasteiger partial charge is 0.365 e. The van der Waals surface area contributed by atoms with Gasteiger partial charge in [0.05, 0.1) is 21.8 Å². The van der Waals surface area contributed by atoms with Crippen molar-refractivity contribution in [3.8, 4) is 6.07 Å². The fourth-order valence-electron chi connectivity index (χ4n) is 4.69. The van der Waals surface area contributed by atoms with Gasteiger partial charge in [-0.25, -0.2) is 0 Å². The van der Waals surface area contributed by atoms with Gasteiger partial charge in [0, 0.05) is 31.7 Å². The molecule has 5 nitrogen and oxygen atoms in total. The number of carbonyl (C=O) groups excluding carboxylic acids is 1. The Hall–Kier alpha value is -1.48. The molecule has 2 fully saturated rings. The summed E-state index contributed by atoms with van der Waals surface area (Å²) < 4.78 is 0. The normalized spacial score (nSPS) is 25.2. The zero-order valence-corrected chi connectivity index (χ0v) is 20.3. The van der Waals surface area contributed by atoms with Gasteiger partial charge in [0.2, 0.25) is 5.91 Å². The summed E-state index contributed by atoms with van der Waals surface area (Å²) >= 11 is 12.6. The van der Waals surface area contributed by atoms with E-state index >= 15 is 0 Å². The quantitative estimate of drug-likeness (QED) is 0.634. The predicted molar refractivity (Wildman–Crippen MR) is 128 cm³/mol. The molecule has 1 unspecified atom stereocenters. The highest BCUT2D eigenvalue weighted by atomic mass is 35.5. The van der Waals surface area contributed by atoms with Gasteiger partial charge in [-0.1, -0.05) is 29.3 Å². The van der Waals surface area contributed by atoms with Crippen molar-refractivity contribution >= 4 is 34.8 Å². The minimum Gasteiger partial charge on any atom is -0.365 e. The van der Waals surface area contributed by atoms with Crippen LogP contribution in [-0.4, -0.2) is 49.1 Å². The molecule has 0 spiro atoms. The number of hydrogen-bond acceptors (Lipinski definition) is 4. The van der Waals surface area contributed by atoms with Crippen LogP contribution in [0.4, 0.5) is 5.69 Å². The van der Waals surface area contributed by atoms with Gasteiger partial charge < -0.3 is 10.2 Å². The second-order valence-electron chi connectivity index (χ2n) is 9.63. The van der Waals surface area contributed by atoms with Crippen molar-refractivity contribution in [3.63, 3.8) is 0 Å². The molecule has 1 aliphatic heterocycles. The molecule has 1 heterocycles. The lowest BCUT2D eigenvalue weighted by Gasteiger charge is -2.42. The molecule has 7 heteroatoms. The Bertz CT molecular complexity index is 814. The number of nitriles is 1. The van der Waals surface area contributed by atoms with Crippen molar-refractivity contribution in [1.82, 2.24) is 10.2 Å². The molecule has 0 radical (unpaired) electrons. The van der Waals surface area contributed by atoms with Crippen LogP contribution in [0.1, 0.15) is 52.9 Å². The molecular weight excluding hydrogens is 431 g/mol. The van der Waals surface area contributed by atoms with Crippen molar-refractivity contribution < 1.29 is 4.79 Å². The summed E-state index contributed by atoms with van der Waals surface area (Å²) in [5, 5.41) is 13.5. The number of hydrogen-bond donors (Lipinski definition) is 1. The second-order valence-corrected chi connectivity index (χ2v) is 10.4. The van der Waals surface area contributed by atoms with E-state index in [2.05, 4.69) is 34.2 Å². The van der Waals surface area contributed by atoms with E-state index in [0.717, 1.165) is 57.5 Å². The Labute approximate surface area is 196 Å². The van der Waals surface area contributed by atoms with Crippen molar-refractivity contribution in [2.75, 3.05) is 31.1 Å². The van der Waals surface area contributed by atoms with Gasteiger partial charge >= 0.3 is 0 Å². The Balaban J connectivity index is 1.41. The predicted octanol–water partition coefficient (Wildman–Crippen LogP) is 5.12. The molecule has 1 aromatic rings. The van der Waals surface area contributed by atoms with Gasteiger partial charge in [-0.15, -0.1) is 0 Å². The molecule has 1 saturated carbocycles. The fourth-order valence-corrected chi connectivity index (χ4v) is 5.09. The molecule has 1 aliphatic carbocycles. The van der Waals surface area contributed by atoms with E-state index in [1.54, 1.807) is 13.8 Å². The molecule has 1 saturated heterocycles. The molecule has 2 aliphatic rings. The van der Waals surface area contributed by atoms with Crippen LogP contribution in [0.25, 0.3) is 0 Å². The molecular formula is C24H34Cl2N4O. The van der Waals surface area contributed by atoms with Crippen LogP contribution < -0.4 is 10.2 Å². The summed E-state index contributed by atoms with van der Waals surface area (Å²) in [6, 6.07) is 8.53. The smallest absolute Gasteiger partial charge is 0.240 e. The zero-order chi connectivity index (χ0) is 22.6. The molecule has 170 valence electrons. The van der Waals surface area contributed by atoms with Crippen molar-refractivity contribution in [3.05, 3.63) is 28.2 Å². The van der Waals surface area contributed by atoms with Crippen LogP contribution in [0, 0.1) is 22.7 Å². The number of amides is 1. The molecule has 3 rings (SSSR count). The maximum Gasteiger partial charge on any atom is 0.240 e. The standard InChI is InChI=1S/C24H34Cl2N4O/c1-17-15-29(13-14-30(17)21-6-4-5-20(25)22(21)26)12-11-18-7-9-19(10-8-18)28-23(31)24(2,3)16-27/h4-6,17-19H,7-15H2,1-3H3,(H,28,31). The van der Waals surface area contributed by atoms with E-state index in [-0.39, 0.29) is 11.9 Å². The highest BCUT2D eigenvalue weighted by molar-refractivity contribution is 6.43. The first kappa shape index (κ1) is 24.2. The van der Waals surface area contributed by atoms with E-state index in [1.807, 2.05) is 12.1 Å². The van der Waals surface area contributed by atoms with Gasteiger partial charge in [-0.2, -0.15) is 5.26 Å². The summed E-state index contributed by atoms with van der Waals surface area (Å²) in [5.41, 5.74) is 0.0756. The van der Waals surface area contributed by atoms with Crippen LogP contribution >= 0.6 is 23.2 Å². The van der Waals surface area contributed by atoms with Crippen LogP contribution in [-0.2, 0) is 4.79 Å².